The lowest BCUT2D eigenvalue weighted by atomic mass is 9.97. The van der Waals surface area contributed by atoms with Crippen LogP contribution in [0.15, 0.2) is 17.4 Å². The number of hydrogen-bond donors (Lipinski definition) is 0. The molecule has 0 spiro atoms. The molecule has 0 aromatic heterocycles. The number of likely N-dealkylation sites (N-methyl/N-ethyl adjacent to an activating group) is 1. The molecule has 1 heterocycles. The van der Waals surface area contributed by atoms with Gasteiger partial charge in [0.25, 0.3) is 0 Å². The summed E-state index contributed by atoms with van der Waals surface area (Å²) < 4.78 is 0. The van der Waals surface area contributed by atoms with Crippen LogP contribution in [-0.4, -0.2) is 30.0 Å². The first-order valence-corrected chi connectivity index (χ1v) is 4.62. The summed E-state index contributed by atoms with van der Waals surface area (Å²) in [6, 6.07) is -0.167. The van der Waals surface area contributed by atoms with Gasteiger partial charge < -0.3 is 4.90 Å². The molecule has 0 amide bonds. The fraction of sp³-hybridized carbons (Fsp3) is 0.600. The second kappa shape index (κ2) is 4.21. The maximum absolute atomic E-state index is 11.8. The van der Waals surface area contributed by atoms with E-state index in [1.807, 2.05) is 32.0 Å². The number of Topliss-reactive ketones (excluding diaryl/α,β-unsaturated/α-hetero) is 1. The maximum Gasteiger partial charge on any atom is 0.163 e. The Bertz CT molecular complexity index is 245. The van der Waals surface area contributed by atoms with Crippen LogP contribution < -0.4 is 0 Å². The van der Waals surface area contributed by atoms with Gasteiger partial charge in [-0.1, -0.05) is 13.8 Å². The van der Waals surface area contributed by atoms with E-state index in [1.165, 1.54) is 0 Å². The van der Waals surface area contributed by atoms with Crippen molar-refractivity contribution in [2.75, 3.05) is 7.05 Å². The van der Waals surface area contributed by atoms with Gasteiger partial charge in [0.05, 0.1) is 0 Å². The standard InChI is InChI=1S/C10H16N2O/c1-4-8(2)10(13)9-7-11-5-6-12(9)3/h5-9H,4H2,1-3H3. The summed E-state index contributed by atoms with van der Waals surface area (Å²) in [5.74, 6) is 0.364. The Morgan fingerprint density at radius 2 is 2.38 bits per heavy atom. The van der Waals surface area contributed by atoms with Gasteiger partial charge in [-0.2, -0.15) is 0 Å². The van der Waals surface area contributed by atoms with Crippen molar-refractivity contribution in [3.8, 4) is 0 Å². The van der Waals surface area contributed by atoms with Crippen LogP contribution >= 0.6 is 0 Å². The molecule has 0 bridgehead atoms. The monoisotopic (exact) mass is 180 g/mol. The number of aliphatic imine (C=N–C) groups is 1. The Morgan fingerprint density at radius 1 is 1.69 bits per heavy atom. The van der Waals surface area contributed by atoms with Crippen LogP contribution in [0, 0.1) is 5.92 Å². The predicted molar refractivity (Wildman–Crippen MR) is 53.6 cm³/mol. The average molecular weight is 180 g/mol. The summed E-state index contributed by atoms with van der Waals surface area (Å²) in [5, 5.41) is 0. The van der Waals surface area contributed by atoms with E-state index in [4.69, 9.17) is 0 Å². The zero-order chi connectivity index (χ0) is 9.84. The molecule has 2 unspecified atom stereocenters. The average Bonchev–Trinajstić information content (AvgIpc) is 2.16. The van der Waals surface area contributed by atoms with Crippen molar-refractivity contribution in [1.29, 1.82) is 0 Å². The Kier molecular flexibility index (Phi) is 3.23. The minimum Gasteiger partial charge on any atom is -0.365 e. The van der Waals surface area contributed by atoms with Gasteiger partial charge in [-0.15, -0.1) is 0 Å². The van der Waals surface area contributed by atoms with Gasteiger partial charge in [0, 0.05) is 31.6 Å². The molecule has 0 radical (unpaired) electrons. The zero-order valence-electron chi connectivity index (χ0n) is 8.40. The molecule has 0 aromatic carbocycles. The molecule has 0 aliphatic carbocycles. The van der Waals surface area contributed by atoms with Crippen LogP contribution in [0.25, 0.3) is 0 Å². The van der Waals surface area contributed by atoms with Crippen molar-refractivity contribution >= 4 is 12.0 Å². The fourth-order valence-corrected chi connectivity index (χ4v) is 1.24. The molecule has 1 aliphatic rings. The summed E-state index contributed by atoms with van der Waals surface area (Å²) in [5.41, 5.74) is 0. The smallest absolute Gasteiger partial charge is 0.163 e. The van der Waals surface area contributed by atoms with Gasteiger partial charge in [-0.05, 0) is 6.42 Å². The van der Waals surface area contributed by atoms with Crippen molar-refractivity contribution in [3.63, 3.8) is 0 Å². The highest BCUT2D eigenvalue weighted by atomic mass is 16.1. The Hall–Kier alpha value is -1.12. The quantitative estimate of drug-likeness (QED) is 0.658. The highest BCUT2D eigenvalue weighted by molar-refractivity contribution is 6.00. The van der Waals surface area contributed by atoms with Gasteiger partial charge in [-0.25, -0.2) is 0 Å². The van der Waals surface area contributed by atoms with E-state index < -0.39 is 0 Å². The van der Waals surface area contributed by atoms with Crippen LogP contribution in [0.2, 0.25) is 0 Å². The lowest BCUT2D eigenvalue weighted by Gasteiger charge is -2.25. The van der Waals surface area contributed by atoms with Crippen molar-refractivity contribution in [2.24, 2.45) is 10.9 Å². The van der Waals surface area contributed by atoms with E-state index in [9.17, 15) is 4.79 Å². The lowest BCUT2D eigenvalue weighted by molar-refractivity contribution is -0.124. The third kappa shape index (κ3) is 2.17. The van der Waals surface area contributed by atoms with Gasteiger partial charge in [0.1, 0.15) is 6.04 Å². The summed E-state index contributed by atoms with van der Waals surface area (Å²) in [7, 11) is 1.90. The van der Waals surface area contributed by atoms with Gasteiger partial charge in [0.2, 0.25) is 0 Å². The van der Waals surface area contributed by atoms with E-state index in [-0.39, 0.29) is 17.7 Å². The summed E-state index contributed by atoms with van der Waals surface area (Å²) >= 11 is 0. The minimum absolute atomic E-state index is 0.116. The largest absolute Gasteiger partial charge is 0.365 e. The van der Waals surface area contributed by atoms with Crippen molar-refractivity contribution in [3.05, 3.63) is 12.4 Å². The van der Waals surface area contributed by atoms with Gasteiger partial charge in [0.15, 0.2) is 5.78 Å². The molecule has 3 heteroatoms. The Labute approximate surface area is 79.1 Å². The number of carbonyl (C=O) groups excluding carboxylic acids is 1. The van der Waals surface area contributed by atoms with E-state index in [1.54, 1.807) is 12.4 Å². The molecule has 0 saturated carbocycles. The minimum atomic E-state index is -0.167. The molecule has 0 saturated heterocycles. The van der Waals surface area contributed by atoms with Crippen LogP contribution in [0.4, 0.5) is 0 Å². The number of hydrogen-bond acceptors (Lipinski definition) is 3. The first-order chi connectivity index (χ1) is 6.16. The Morgan fingerprint density at radius 3 is 2.92 bits per heavy atom. The van der Waals surface area contributed by atoms with Crippen LogP contribution in [0.1, 0.15) is 20.3 Å². The van der Waals surface area contributed by atoms with Crippen LogP contribution in [0.5, 0.6) is 0 Å². The second-order valence-electron chi connectivity index (χ2n) is 3.42. The molecule has 0 fully saturated rings. The lowest BCUT2D eigenvalue weighted by Crippen LogP contribution is -2.40. The van der Waals surface area contributed by atoms with Crippen molar-refractivity contribution in [1.82, 2.24) is 4.90 Å². The van der Waals surface area contributed by atoms with Crippen LogP contribution in [0.3, 0.4) is 0 Å². The number of ketones is 1. The highest BCUT2D eigenvalue weighted by Crippen LogP contribution is 2.11. The predicted octanol–water partition coefficient (Wildman–Crippen LogP) is 1.46. The second-order valence-corrected chi connectivity index (χ2v) is 3.42. The Balaban J connectivity index is 2.66. The molecular weight excluding hydrogens is 164 g/mol. The van der Waals surface area contributed by atoms with E-state index >= 15 is 0 Å². The number of rotatable bonds is 3. The highest BCUT2D eigenvalue weighted by Gasteiger charge is 2.24. The number of nitrogens with zero attached hydrogens (tertiary/aromatic N) is 2. The third-order valence-electron chi connectivity index (χ3n) is 2.44. The fourth-order valence-electron chi connectivity index (χ4n) is 1.24. The van der Waals surface area contributed by atoms with Gasteiger partial charge >= 0.3 is 0 Å². The zero-order valence-corrected chi connectivity index (χ0v) is 8.40. The van der Waals surface area contributed by atoms with E-state index in [0.717, 1.165) is 6.42 Å². The van der Waals surface area contributed by atoms with Crippen molar-refractivity contribution < 1.29 is 4.79 Å². The third-order valence-corrected chi connectivity index (χ3v) is 2.44. The maximum atomic E-state index is 11.8. The first kappa shape index (κ1) is 9.96. The summed E-state index contributed by atoms with van der Waals surface area (Å²) in [6.45, 7) is 3.99. The summed E-state index contributed by atoms with van der Waals surface area (Å²) in [6.07, 6.45) is 6.11. The molecule has 0 aromatic rings. The molecule has 1 aliphatic heterocycles. The molecule has 1 rings (SSSR count). The molecule has 13 heavy (non-hydrogen) atoms. The summed E-state index contributed by atoms with van der Waals surface area (Å²) in [4.78, 5) is 17.6. The number of carbonyl (C=O) groups is 1. The molecular formula is C10H16N2O. The SMILES string of the molecule is CCC(C)C(=O)C1C=NC=CN1C. The normalized spacial score (nSPS) is 23.3. The molecule has 3 nitrogen and oxygen atoms in total. The van der Waals surface area contributed by atoms with Crippen molar-refractivity contribution in [2.45, 2.75) is 26.3 Å². The first-order valence-electron chi connectivity index (χ1n) is 4.62. The topological polar surface area (TPSA) is 32.7 Å². The van der Waals surface area contributed by atoms with Gasteiger partial charge in [-0.3, -0.25) is 9.79 Å². The van der Waals surface area contributed by atoms with E-state index in [0.29, 0.717) is 0 Å². The van der Waals surface area contributed by atoms with Crippen LogP contribution in [-0.2, 0) is 4.79 Å². The molecule has 2 atom stereocenters. The van der Waals surface area contributed by atoms with E-state index in [2.05, 4.69) is 4.99 Å². The molecule has 0 N–H and O–H groups in total. The molecule has 72 valence electrons.